The fraction of sp³-hybridized carbons (Fsp3) is 0.154. The number of thiocarbonyl (C=S) groups is 1. The third-order valence-corrected chi connectivity index (χ3v) is 6.33. The molecule has 0 bridgehead atoms. The highest BCUT2D eigenvalue weighted by Gasteiger charge is 2.42. The van der Waals surface area contributed by atoms with Gasteiger partial charge in [0.25, 0.3) is 0 Å². The van der Waals surface area contributed by atoms with Crippen molar-refractivity contribution in [3.63, 3.8) is 0 Å². The minimum absolute atomic E-state index is 0.133. The Balaban J connectivity index is 1.70. The quantitative estimate of drug-likeness (QED) is 0.405. The van der Waals surface area contributed by atoms with Crippen LogP contribution in [0.5, 0.6) is 0 Å². The molecule has 1 N–H and O–H groups in total. The van der Waals surface area contributed by atoms with E-state index in [-0.39, 0.29) is 17.9 Å². The summed E-state index contributed by atoms with van der Waals surface area (Å²) in [6.45, 7) is 4.04. The van der Waals surface area contributed by atoms with E-state index in [1.807, 2.05) is 66.9 Å². The number of rotatable bonds is 4. The van der Waals surface area contributed by atoms with E-state index in [1.54, 1.807) is 12.3 Å². The maximum Gasteiger partial charge on any atom is 0.174 e. The molecule has 1 fully saturated rings. The number of anilines is 1. The summed E-state index contributed by atoms with van der Waals surface area (Å²) in [4.78, 5) is 6.76. The van der Waals surface area contributed by atoms with Gasteiger partial charge in [-0.15, -0.1) is 0 Å². The molecule has 1 aliphatic rings. The van der Waals surface area contributed by atoms with E-state index in [9.17, 15) is 4.39 Å². The molecule has 1 saturated heterocycles. The number of pyridine rings is 1. The predicted molar refractivity (Wildman–Crippen MR) is 130 cm³/mol. The fourth-order valence-electron chi connectivity index (χ4n) is 4.63. The third-order valence-electron chi connectivity index (χ3n) is 6.01. The Labute approximate surface area is 192 Å². The standard InChI is InChI=1S/C26H23FN4S/c1-17-16-20(18(2)30(17)23-14-7-6-12-21(23)27)25-24(22-13-8-9-15-28-22)29-26(32)31(25)19-10-4-3-5-11-19/h3-16,24-25H,1-2H3,(H,29,32)/t24-,25+/m1/s1. The molecule has 1 aliphatic heterocycles. The number of aromatic nitrogens is 2. The van der Waals surface area contributed by atoms with Crippen molar-refractivity contribution in [2.75, 3.05) is 4.90 Å². The molecule has 0 spiro atoms. The Morgan fingerprint density at radius 3 is 2.38 bits per heavy atom. The second-order valence-corrected chi connectivity index (χ2v) is 8.33. The lowest BCUT2D eigenvalue weighted by Gasteiger charge is -2.28. The molecule has 4 aromatic rings. The molecule has 160 valence electrons. The average Bonchev–Trinajstić information content (AvgIpc) is 3.31. The van der Waals surface area contributed by atoms with Crippen molar-refractivity contribution >= 4 is 23.0 Å². The molecule has 32 heavy (non-hydrogen) atoms. The number of para-hydroxylation sites is 2. The van der Waals surface area contributed by atoms with Crippen LogP contribution in [0.4, 0.5) is 10.1 Å². The van der Waals surface area contributed by atoms with Gasteiger partial charge in [-0.05, 0) is 74.1 Å². The second kappa shape index (κ2) is 8.20. The van der Waals surface area contributed by atoms with Crippen LogP contribution in [0.25, 0.3) is 5.69 Å². The van der Waals surface area contributed by atoms with Crippen LogP contribution in [0.1, 0.15) is 34.7 Å². The lowest BCUT2D eigenvalue weighted by molar-refractivity contribution is 0.564. The van der Waals surface area contributed by atoms with Gasteiger partial charge in [0.1, 0.15) is 5.82 Å². The number of hydrogen-bond acceptors (Lipinski definition) is 2. The van der Waals surface area contributed by atoms with Crippen LogP contribution in [-0.2, 0) is 0 Å². The molecule has 3 heterocycles. The van der Waals surface area contributed by atoms with E-state index in [2.05, 4.69) is 33.4 Å². The van der Waals surface area contributed by atoms with Gasteiger partial charge in [0.05, 0.1) is 23.5 Å². The molecule has 4 nitrogen and oxygen atoms in total. The van der Waals surface area contributed by atoms with Gasteiger partial charge in [-0.1, -0.05) is 36.4 Å². The highest BCUT2D eigenvalue weighted by molar-refractivity contribution is 7.80. The SMILES string of the molecule is Cc1cc([C@H]2[C@@H](c3ccccn3)NC(=S)N2c2ccccc2)c(C)n1-c1ccccc1F. The first-order chi connectivity index (χ1) is 15.6. The van der Waals surface area contributed by atoms with E-state index in [1.165, 1.54) is 6.07 Å². The first kappa shape index (κ1) is 20.4. The zero-order valence-corrected chi connectivity index (χ0v) is 18.7. The van der Waals surface area contributed by atoms with Crippen molar-refractivity contribution in [1.29, 1.82) is 0 Å². The molecule has 0 amide bonds. The molecule has 2 atom stereocenters. The van der Waals surface area contributed by atoms with Crippen LogP contribution < -0.4 is 10.2 Å². The van der Waals surface area contributed by atoms with Crippen LogP contribution in [0, 0.1) is 19.7 Å². The normalized spacial score (nSPS) is 18.1. The average molecular weight is 443 g/mol. The Bertz CT molecular complexity index is 1270. The van der Waals surface area contributed by atoms with Gasteiger partial charge < -0.3 is 14.8 Å². The fourth-order valence-corrected chi connectivity index (χ4v) is 4.97. The Kier molecular flexibility index (Phi) is 5.23. The van der Waals surface area contributed by atoms with E-state index in [4.69, 9.17) is 12.2 Å². The Hall–Kier alpha value is -3.51. The van der Waals surface area contributed by atoms with Gasteiger partial charge in [-0.2, -0.15) is 0 Å². The van der Waals surface area contributed by atoms with Crippen LogP contribution in [0.3, 0.4) is 0 Å². The first-order valence-corrected chi connectivity index (χ1v) is 11.0. The Morgan fingerprint density at radius 1 is 0.938 bits per heavy atom. The van der Waals surface area contributed by atoms with E-state index in [0.717, 1.165) is 28.3 Å². The molecule has 2 aromatic carbocycles. The molecular weight excluding hydrogens is 419 g/mol. The summed E-state index contributed by atoms with van der Waals surface area (Å²) in [6.07, 6.45) is 1.80. The monoisotopic (exact) mass is 442 g/mol. The number of halogens is 1. The van der Waals surface area contributed by atoms with E-state index < -0.39 is 0 Å². The summed E-state index contributed by atoms with van der Waals surface area (Å²) < 4.78 is 16.7. The van der Waals surface area contributed by atoms with Crippen molar-refractivity contribution in [3.05, 3.63) is 114 Å². The second-order valence-electron chi connectivity index (χ2n) is 7.95. The predicted octanol–water partition coefficient (Wildman–Crippen LogP) is 5.81. The van der Waals surface area contributed by atoms with Gasteiger partial charge in [0.15, 0.2) is 5.11 Å². The summed E-state index contributed by atoms with van der Waals surface area (Å²) in [5.41, 5.74) is 5.48. The molecule has 6 heteroatoms. The topological polar surface area (TPSA) is 33.1 Å². The minimum atomic E-state index is -0.248. The molecule has 2 aromatic heterocycles. The molecule has 0 unspecified atom stereocenters. The van der Waals surface area contributed by atoms with Gasteiger partial charge in [-0.25, -0.2) is 4.39 Å². The number of nitrogens with zero attached hydrogens (tertiary/aromatic N) is 3. The van der Waals surface area contributed by atoms with Gasteiger partial charge in [-0.3, -0.25) is 4.98 Å². The van der Waals surface area contributed by atoms with E-state index >= 15 is 0 Å². The van der Waals surface area contributed by atoms with Crippen molar-refractivity contribution in [2.24, 2.45) is 0 Å². The van der Waals surface area contributed by atoms with Crippen LogP contribution in [0.2, 0.25) is 0 Å². The van der Waals surface area contributed by atoms with Crippen molar-refractivity contribution in [1.82, 2.24) is 14.9 Å². The van der Waals surface area contributed by atoms with Crippen molar-refractivity contribution in [2.45, 2.75) is 25.9 Å². The third kappa shape index (κ3) is 3.37. The van der Waals surface area contributed by atoms with Gasteiger partial charge in [0, 0.05) is 23.3 Å². The summed E-state index contributed by atoms with van der Waals surface area (Å²) >= 11 is 5.79. The largest absolute Gasteiger partial charge is 0.351 e. The Morgan fingerprint density at radius 2 is 1.66 bits per heavy atom. The summed E-state index contributed by atoms with van der Waals surface area (Å²) in [5.74, 6) is -0.248. The molecule has 0 radical (unpaired) electrons. The summed E-state index contributed by atoms with van der Waals surface area (Å²) in [6, 6.07) is 24.7. The van der Waals surface area contributed by atoms with Crippen LogP contribution in [0.15, 0.2) is 85.1 Å². The van der Waals surface area contributed by atoms with Crippen LogP contribution in [-0.4, -0.2) is 14.7 Å². The van der Waals surface area contributed by atoms with Crippen molar-refractivity contribution in [3.8, 4) is 5.69 Å². The smallest absolute Gasteiger partial charge is 0.174 e. The zero-order chi connectivity index (χ0) is 22.2. The summed E-state index contributed by atoms with van der Waals surface area (Å²) in [7, 11) is 0. The number of nitrogens with one attached hydrogen (secondary N) is 1. The van der Waals surface area contributed by atoms with Gasteiger partial charge in [0.2, 0.25) is 0 Å². The van der Waals surface area contributed by atoms with Crippen LogP contribution >= 0.6 is 12.2 Å². The molecule has 5 rings (SSSR count). The maximum atomic E-state index is 14.7. The first-order valence-electron chi connectivity index (χ1n) is 10.6. The molecule has 0 saturated carbocycles. The molecular formula is C26H23FN4S. The van der Waals surface area contributed by atoms with Crippen molar-refractivity contribution < 1.29 is 4.39 Å². The number of benzene rings is 2. The highest BCUT2D eigenvalue weighted by Crippen LogP contribution is 2.43. The number of hydrogen-bond donors (Lipinski definition) is 1. The zero-order valence-electron chi connectivity index (χ0n) is 17.9. The van der Waals surface area contributed by atoms with Gasteiger partial charge >= 0.3 is 0 Å². The highest BCUT2D eigenvalue weighted by atomic mass is 32.1. The summed E-state index contributed by atoms with van der Waals surface area (Å²) in [5, 5.41) is 4.13. The lowest BCUT2D eigenvalue weighted by atomic mass is 9.96. The molecule has 0 aliphatic carbocycles. The lowest BCUT2D eigenvalue weighted by Crippen LogP contribution is -2.29. The van der Waals surface area contributed by atoms with E-state index in [0.29, 0.717) is 10.8 Å². The minimum Gasteiger partial charge on any atom is -0.351 e. The number of aryl methyl sites for hydroxylation is 1. The maximum absolute atomic E-state index is 14.7.